The van der Waals surface area contributed by atoms with Gasteiger partial charge in [-0.2, -0.15) is 0 Å². The largest absolute Gasteiger partial charge is 0.469 e. The molecule has 0 aliphatic carbocycles. The minimum Gasteiger partial charge on any atom is -0.469 e. The summed E-state index contributed by atoms with van der Waals surface area (Å²) in [4.78, 5) is 34.7. The van der Waals surface area contributed by atoms with E-state index in [0.717, 1.165) is 4.47 Å². The maximum Gasteiger partial charge on any atom is 0.328 e. The predicted molar refractivity (Wildman–Crippen MR) is 74.0 cm³/mol. The number of halogens is 1. The third-order valence-electron chi connectivity index (χ3n) is 2.50. The molecule has 20 heavy (non-hydrogen) atoms. The van der Waals surface area contributed by atoms with Crippen LogP contribution in [0.25, 0.3) is 0 Å². The molecule has 0 saturated heterocycles. The van der Waals surface area contributed by atoms with Gasteiger partial charge in [-0.05, 0) is 24.3 Å². The van der Waals surface area contributed by atoms with E-state index >= 15 is 0 Å². The summed E-state index contributed by atoms with van der Waals surface area (Å²) in [5.41, 5.74) is 0.368. The van der Waals surface area contributed by atoms with Gasteiger partial charge in [0.1, 0.15) is 6.04 Å². The lowest BCUT2D eigenvalue weighted by Gasteiger charge is -2.15. The Hall–Kier alpha value is -1.89. The van der Waals surface area contributed by atoms with E-state index in [1.807, 2.05) is 0 Å². The Balaban J connectivity index is 2.78. The molecule has 0 aliphatic heterocycles. The molecule has 0 fully saturated rings. The number of amides is 1. The number of hydrogen-bond donors (Lipinski definition) is 1. The highest BCUT2D eigenvalue weighted by Gasteiger charge is 2.25. The monoisotopic (exact) mass is 343 g/mol. The quantitative estimate of drug-likeness (QED) is 0.814. The maximum absolute atomic E-state index is 12.0. The molecule has 0 aromatic heterocycles. The zero-order valence-electron chi connectivity index (χ0n) is 11.0. The molecule has 1 amide bonds. The molecule has 1 atom stereocenters. The second-order valence-electron chi connectivity index (χ2n) is 3.84. The molecule has 108 valence electrons. The molecule has 7 heteroatoms. The Labute approximate surface area is 124 Å². The fourth-order valence-corrected chi connectivity index (χ4v) is 1.69. The third-order valence-corrected chi connectivity index (χ3v) is 3.02. The van der Waals surface area contributed by atoms with E-state index in [-0.39, 0.29) is 6.42 Å². The number of methoxy groups -OCH3 is 2. The molecule has 6 nitrogen and oxygen atoms in total. The van der Waals surface area contributed by atoms with Crippen LogP contribution in [0.5, 0.6) is 0 Å². The van der Waals surface area contributed by atoms with Crippen LogP contribution in [-0.2, 0) is 19.1 Å². The molecule has 0 heterocycles. The third kappa shape index (κ3) is 4.65. The molecule has 1 rings (SSSR count). The van der Waals surface area contributed by atoms with E-state index in [0.29, 0.717) is 5.56 Å². The molecule has 0 bridgehead atoms. The van der Waals surface area contributed by atoms with Crippen molar-refractivity contribution in [2.24, 2.45) is 0 Å². The summed E-state index contributed by atoms with van der Waals surface area (Å²) in [6.07, 6.45) is -0.286. The van der Waals surface area contributed by atoms with Crippen LogP contribution >= 0.6 is 15.9 Å². The highest BCUT2D eigenvalue weighted by molar-refractivity contribution is 9.10. The van der Waals surface area contributed by atoms with Crippen LogP contribution in [0.4, 0.5) is 0 Å². The van der Waals surface area contributed by atoms with Crippen LogP contribution in [0.2, 0.25) is 0 Å². The Morgan fingerprint density at radius 2 is 1.75 bits per heavy atom. The number of esters is 2. The summed E-state index contributed by atoms with van der Waals surface area (Å²) in [5.74, 6) is -1.80. The van der Waals surface area contributed by atoms with Gasteiger partial charge in [0, 0.05) is 10.0 Å². The topological polar surface area (TPSA) is 81.7 Å². The molecule has 0 spiro atoms. The Kier molecular flexibility index (Phi) is 6.17. The van der Waals surface area contributed by atoms with Crippen LogP contribution in [0.1, 0.15) is 16.8 Å². The fourth-order valence-electron chi connectivity index (χ4n) is 1.43. The van der Waals surface area contributed by atoms with Gasteiger partial charge in [-0.25, -0.2) is 4.79 Å². The van der Waals surface area contributed by atoms with E-state index in [4.69, 9.17) is 0 Å². The van der Waals surface area contributed by atoms with Crippen molar-refractivity contribution >= 4 is 33.8 Å². The second-order valence-corrected chi connectivity index (χ2v) is 4.75. The van der Waals surface area contributed by atoms with Crippen molar-refractivity contribution in [3.8, 4) is 0 Å². The number of nitrogens with one attached hydrogen (secondary N) is 1. The van der Waals surface area contributed by atoms with Gasteiger partial charge >= 0.3 is 11.9 Å². The molecule has 0 saturated carbocycles. The molecular weight excluding hydrogens is 330 g/mol. The normalized spacial score (nSPS) is 11.3. The highest BCUT2D eigenvalue weighted by Crippen LogP contribution is 2.11. The fraction of sp³-hybridized carbons (Fsp3) is 0.308. The van der Waals surface area contributed by atoms with Gasteiger partial charge in [-0.3, -0.25) is 9.59 Å². The number of benzene rings is 1. The number of carbonyl (C=O) groups is 3. The summed E-state index contributed by atoms with van der Waals surface area (Å²) >= 11 is 3.25. The summed E-state index contributed by atoms with van der Waals surface area (Å²) in [6, 6.07) is 5.49. The summed E-state index contributed by atoms with van der Waals surface area (Å²) < 4.78 is 9.85. The summed E-state index contributed by atoms with van der Waals surface area (Å²) in [7, 11) is 2.38. The van der Waals surface area contributed by atoms with Crippen LogP contribution in [-0.4, -0.2) is 38.1 Å². The van der Waals surface area contributed by atoms with Gasteiger partial charge in [-0.15, -0.1) is 0 Å². The minimum atomic E-state index is -1.08. The average Bonchev–Trinajstić information content (AvgIpc) is 2.46. The first-order valence-corrected chi connectivity index (χ1v) is 6.48. The van der Waals surface area contributed by atoms with Gasteiger partial charge < -0.3 is 14.8 Å². The van der Waals surface area contributed by atoms with E-state index in [2.05, 4.69) is 30.7 Å². The Morgan fingerprint density at radius 1 is 1.15 bits per heavy atom. The highest BCUT2D eigenvalue weighted by atomic mass is 79.9. The lowest BCUT2D eigenvalue weighted by molar-refractivity contribution is -0.149. The van der Waals surface area contributed by atoms with E-state index in [1.165, 1.54) is 14.2 Å². The number of carbonyl (C=O) groups excluding carboxylic acids is 3. The van der Waals surface area contributed by atoms with Crippen molar-refractivity contribution in [2.75, 3.05) is 14.2 Å². The number of hydrogen-bond acceptors (Lipinski definition) is 5. The lowest BCUT2D eigenvalue weighted by Crippen LogP contribution is -2.43. The average molecular weight is 344 g/mol. The van der Waals surface area contributed by atoms with Crippen LogP contribution in [0.3, 0.4) is 0 Å². The van der Waals surface area contributed by atoms with Crippen molar-refractivity contribution < 1.29 is 23.9 Å². The van der Waals surface area contributed by atoms with E-state index in [1.54, 1.807) is 24.3 Å². The molecule has 0 aliphatic rings. The standard InChI is InChI=1S/C13H14BrNO5/c1-19-11(16)7-10(13(18)20-2)15-12(17)8-3-5-9(14)6-4-8/h3-6,10H,7H2,1-2H3,(H,15,17)/t10-/m1/s1. The number of rotatable bonds is 5. The molecule has 1 aromatic carbocycles. The Bertz CT molecular complexity index is 500. The zero-order chi connectivity index (χ0) is 15.1. The van der Waals surface area contributed by atoms with Crippen LogP contribution in [0, 0.1) is 0 Å². The predicted octanol–water partition coefficient (Wildman–Crippen LogP) is 1.28. The first-order chi connectivity index (χ1) is 9.47. The van der Waals surface area contributed by atoms with Gasteiger partial charge in [0.2, 0.25) is 0 Å². The van der Waals surface area contributed by atoms with Gasteiger partial charge in [0.05, 0.1) is 20.6 Å². The molecule has 1 N–H and O–H groups in total. The van der Waals surface area contributed by atoms with Crippen molar-refractivity contribution in [1.82, 2.24) is 5.32 Å². The van der Waals surface area contributed by atoms with E-state index < -0.39 is 23.9 Å². The van der Waals surface area contributed by atoms with Crippen LogP contribution < -0.4 is 5.32 Å². The van der Waals surface area contributed by atoms with E-state index in [9.17, 15) is 14.4 Å². The zero-order valence-corrected chi connectivity index (χ0v) is 12.6. The lowest BCUT2D eigenvalue weighted by atomic mass is 10.1. The Morgan fingerprint density at radius 3 is 2.25 bits per heavy atom. The molecule has 1 aromatic rings. The smallest absolute Gasteiger partial charge is 0.328 e. The summed E-state index contributed by atoms with van der Waals surface area (Å²) in [5, 5.41) is 2.44. The second kappa shape index (κ2) is 7.64. The SMILES string of the molecule is COC(=O)C[C@@H](NC(=O)c1ccc(Br)cc1)C(=O)OC. The van der Waals surface area contributed by atoms with Crippen molar-refractivity contribution in [2.45, 2.75) is 12.5 Å². The maximum atomic E-state index is 12.0. The van der Waals surface area contributed by atoms with Gasteiger partial charge in [-0.1, -0.05) is 15.9 Å². The molecular formula is C13H14BrNO5. The van der Waals surface area contributed by atoms with Gasteiger partial charge in [0.15, 0.2) is 0 Å². The number of ether oxygens (including phenoxy) is 2. The first kappa shape index (κ1) is 16.2. The molecule has 0 radical (unpaired) electrons. The van der Waals surface area contributed by atoms with Crippen LogP contribution in [0.15, 0.2) is 28.7 Å². The van der Waals surface area contributed by atoms with Crippen molar-refractivity contribution in [1.29, 1.82) is 0 Å². The van der Waals surface area contributed by atoms with Gasteiger partial charge in [0.25, 0.3) is 5.91 Å². The van der Waals surface area contributed by atoms with Crippen molar-refractivity contribution in [3.05, 3.63) is 34.3 Å². The molecule has 0 unspecified atom stereocenters. The minimum absolute atomic E-state index is 0.286. The summed E-state index contributed by atoms with van der Waals surface area (Å²) in [6.45, 7) is 0. The first-order valence-electron chi connectivity index (χ1n) is 5.69. The van der Waals surface area contributed by atoms with Crippen molar-refractivity contribution in [3.63, 3.8) is 0 Å².